The maximum Gasteiger partial charge on any atom is 0.303 e. The molecule has 3 aliphatic rings. The van der Waals surface area contributed by atoms with Crippen molar-refractivity contribution in [1.82, 2.24) is 0 Å². The van der Waals surface area contributed by atoms with Gasteiger partial charge in [-0.15, -0.1) is 0 Å². The smallest absolute Gasteiger partial charge is 0.303 e. The Morgan fingerprint density at radius 2 is 0.796 bits per heavy atom. The summed E-state index contributed by atoms with van der Waals surface area (Å²) in [7, 11) is 0. The van der Waals surface area contributed by atoms with Gasteiger partial charge in [0.15, 0.2) is 12.6 Å². The van der Waals surface area contributed by atoms with Gasteiger partial charge in [0, 0.05) is 42.4 Å². The lowest BCUT2D eigenvalue weighted by atomic mass is 9.89. The van der Waals surface area contributed by atoms with E-state index in [1.807, 2.05) is 0 Å². The predicted molar refractivity (Wildman–Crippen MR) is 213 cm³/mol. The van der Waals surface area contributed by atoms with Crippen LogP contribution in [0.15, 0.2) is 0 Å². The average molecular weight is 759 g/mol. The van der Waals surface area contributed by atoms with Crippen molar-refractivity contribution in [2.75, 3.05) is 19.8 Å². The lowest BCUT2D eigenvalue weighted by Crippen LogP contribution is -2.32. The summed E-state index contributed by atoms with van der Waals surface area (Å²) in [4.78, 5) is 21.2. The van der Waals surface area contributed by atoms with Crippen molar-refractivity contribution in [2.24, 2.45) is 0 Å². The highest BCUT2D eigenvalue weighted by atomic mass is 16.7. The molecule has 54 heavy (non-hydrogen) atoms. The third-order valence-corrected chi connectivity index (χ3v) is 11.4. The highest BCUT2D eigenvalue weighted by Gasteiger charge is 2.36. The van der Waals surface area contributed by atoms with Crippen molar-refractivity contribution in [3.63, 3.8) is 0 Å². The van der Waals surface area contributed by atoms with Crippen LogP contribution >= 0.6 is 0 Å². The fourth-order valence-corrected chi connectivity index (χ4v) is 8.28. The van der Waals surface area contributed by atoms with Crippen LogP contribution in [0.5, 0.6) is 17.2 Å². The quantitative estimate of drug-likeness (QED) is 0.0692. The number of fused-ring (bicyclic) bond motifs is 6. The van der Waals surface area contributed by atoms with E-state index in [2.05, 4.69) is 0 Å². The number of unbranched alkanes of at least 4 members (excludes halogenated alkanes) is 22. The molecule has 1 aromatic rings. The van der Waals surface area contributed by atoms with Gasteiger partial charge in [-0.3, -0.25) is 9.59 Å². The zero-order valence-corrected chi connectivity index (χ0v) is 33.7. The van der Waals surface area contributed by atoms with Gasteiger partial charge in [-0.2, -0.15) is 0 Å². The number of carbonyl (C=O) groups is 2. The van der Waals surface area contributed by atoms with E-state index in [1.165, 1.54) is 119 Å². The van der Waals surface area contributed by atoms with Gasteiger partial charge in [-0.05, 0) is 51.4 Å². The Morgan fingerprint density at radius 1 is 0.463 bits per heavy atom. The molecular weight excluding hydrogens is 684 g/mol. The van der Waals surface area contributed by atoms with E-state index in [4.69, 9.17) is 33.9 Å². The van der Waals surface area contributed by atoms with Crippen LogP contribution in [0.25, 0.3) is 0 Å². The number of aliphatic carboxylic acids is 2. The van der Waals surface area contributed by atoms with Crippen LogP contribution in [0.3, 0.4) is 0 Å². The number of benzene rings is 1. The molecule has 0 saturated carbocycles. The molecule has 2 N–H and O–H groups in total. The van der Waals surface area contributed by atoms with E-state index in [1.54, 1.807) is 0 Å². The maximum atomic E-state index is 10.6. The SMILES string of the molecule is O=C(O)CCCCCCCCCCCCCCOC1CCc2c3c(c4c(c2O1)CCC(OCCCCCCCCCCCCCCC(=O)O)O4)CCCO3. The average Bonchev–Trinajstić information content (AvgIpc) is 3.17. The highest BCUT2D eigenvalue weighted by Crippen LogP contribution is 2.50. The van der Waals surface area contributed by atoms with Crippen LogP contribution in [-0.2, 0) is 38.3 Å². The Labute approximate surface area is 326 Å². The van der Waals surface area contributed by atoms with Crippen LogP contribution in [0.4, 0.5) is 0 Å². The van der Waals surface area contributed by atoms with Gasteiger partial charge in [0.05, 0.1) is 19.8 Å². The van der Waals surface area contributed by atoms with Gasteiger partial charge in [-0.25, -0.2) is 0 Å². The summed E-state index contributed by atoms with van der Waals surface area (Å²) >= 11 is 0. The summed E-state index contributed by atoms with van der Waals surface area (Å²) in [5.74, 6) is 1.52. The number of rotatable bonds is 32. The number of hydrogen-bond donors (Lipinski definition) is 2. The molecule has 0 aromatic heterocycles. The van der Waals surface area contributed by atoms with E-state index in [9.17, 15) is 9.59 Å². The lowest BCUT2D eigenvalue weighted by molar-refractivity contribution is -0.138. The molecule has 0 fully saturated rings. The summed E-state index contributed by atoms with van der Waals surface area (Å²) < 4.78 is 32.0. The molecule has 2 atom stereocenters. The van der Waals surface area contributed by atoms with Crippen LogP contribution in [0.1, 0.15) is 203 Å². The number of carboxylic acids is 2. The fraction of sp³-hybridized carbons (Fsp3) is 0.822. The first-order valence-electron chi connectivity index (χ1n) is 22.4. The predicted octanol–water partition coefficient (Wildman–Crippen LogP) is 11.7. The van der Waals surface area contributed by atoms with Gasteiger partial charge in [0.2, 0.25) is 0 Å². The zero-order chi connectivity index (χ0) is 38.1. The van der Waals surface area contributed by atoms with Gasteiger partial charge in [0.1, 0.15) is 17.2 Å². The molecule has 3 aliphatic heterocycles. The molecule has 1 aromatic carbocycles. The van der Waals surface area contributed by atoms with Crippen LogP contribution < -0.4 is 14.2 Å². The molecule has 9 nitrogen and oxygen atoms in total. The maximum absolute atomic E-state index is 10.6. The van der Waals surface area contributed by atoms with Crippen molar-refractivity contribution < 1.29 is 43.5 Å². The molecule has 3 heterocycles. The Balaban J connectivity index is 1.05. The van der Waals surface area contributed by atoms with Crippen molar-refractivity contribution in [3.05, 3.63) is 16.7 Å². The fourth-order valence-electron chi connectivity index (χ4n) is 8.28. The summed E-state index contributed by atoms with van der Waals surface area (Å²) in [6.45, 7) is 2.21. The Bertz CT molecular complexity index is 1130. The number of ether oxygens (including phenoxy) is 5. The van der Waals surface area contributed by atoms with Crippen LogP contribution in [0.2, 0.25) is 0 Å². The van der Waals surface area contributed by atoms with Crippen LogP contribution in [-0.4, -0.2) is 54.6 Å². The third-order valence-electron chi connectivity index (χ3n) is 11.4. The highest BCUT2D eigenvalue weighted by molar-refractivity contribution is 5.67. The normalized spacial score (nSPS) is 17.5. The Morgan fingerprint density at radius 3 is 1.19 bits per heavy atom. The Hall–Kier alpha value is -2.52. The van der Waals surface area contributed by atoms with E-state index >= 15 is 0 Å². The zero-order valence-electron chi connectivity index (χ0n) is 33.7. The van der Waals surface area contributed by atoms with Crippen molar-refractivity contribution in [2.45, 2.75) is 218 Å². The molecule has 0 spiro atoms. The minimum Gasteiger partial charge on any atom is -0.493 e. The second kappa shape index (κ2) is 27.1. The molecule has 0 amide bonds. The van der Waals surface area contributed by atoms with E-state index in [0.29, 0.717) is 12.8 Å². The monoisotopic (exact) mass is 759 g/mol. The first kappa shape index (κ1) is 44.2. The molecule has 308 valence electrons. The van der Waals surface area contributed by atoms with E-state index in [-0.39, 0.29) is 12.6 Å². The minimum atomic E-state index is -0.676. The molecule has 0 saturated heterocycles. The lowest BCUT2D eigenvalue weighted by Gasteiger charge is -2.36. The number of carboxylic acid groups (broad SMARTS) is 2. The molecule has 2 unspecified atom stereocenters. The van der Waals surface area contributed by atoms with E-state index in [0.717, 1.165) is 127 Å². The van der Waals surface area contributed by atoms with Crippen molar-refractivity contribution >= 4 is 11.9 Å². The second-order valence-corrected chi connectivity index (χ2v) is 16.1. The third kappa shape index (κ3) is 17.1. The summed E-state index contributed by atoms with van der Waals surface area (Å²) in [6, 6.07) is 0. The molecule has 9 heteroatoms. The molecule has 4 rings (SSSR count). The minimum absolute atomic E-state index is 0.219. The summed E-state index contributed by atoms with van der Waals surface area (Å²) in [5, 5.41) is 17.4. The standard InChI is InChI=1S/C45H74O9/c46-39(47)27-21-17-13-9-5-1-3-7-11-15-19-23-33-50-41-31-29-37-43-36(26-25-35-52-43)44-38(45(37)54-41)30-32-42(53-44)51-34-24-20-16-12-8-4-2-6-10-14-18-22-28-40(48)49/h41-42H,1-35H2,(H,46,47)(H,48,49). The van der Waals surface area contributed by atoms with Crippen molar-refractivity contribution in [3.8, 4) is 17.2 Å². The van der Waals surface area contributed by atoms with Crippen molar-refractivity contribution in [1.29, 1.82) is 0 Å². The van der Waals surface area contributed by atoms with Crippen LogP contribution in [0, 0.1) is 0 Å². The van der Waals surface area contributed by atoms with Gasteiger partial charge in [0.25, 0.3) is 0 Å². The largest absolute Gasteiger partial charge is 0.493 e. The number of hydrogen-bond acceptors (Lipinski definition) is 7. The molecular formula is C45H74O9. The second-order valence-electron chi connectivity index (χ2n) is 16.1. The van der Waals surface area contributed by atoms with Gasteiger partial charge < -0.3 is 33.9 Å². The topological polar surface area (TPSA) is 121 Å². The first-order chi connectivity index (χ1) is 26.5. The van der Waals surface area contributed by atoms with Gasteiger partial charge >= 0.3 is 11.9 Å². The molecule has 0 bridgehead atoms. The van der Waals surface area contributed by atoms with Gasteiger partial charge in [-0.1, -0.05) is 128 Å². The first-order valence-corrected chi connectivity index (χ1v) is 22.4. The summed E-state index contributed by atoms with van der Waals surface area (Å²) in [6.07, 6.45) is 34.1. The molecule has 0 radical (unpaired) electrons. The molecule has 0 aliphatic carbocycles. The summed E-state index contributed by atoms with van der Waals surface area (Å²) in [5.41, 5.74) is 3.59. The Kier molecular flexibility index (Phi) is 22.2. The van der Waals surface area contributed by atoms with E-state index < -0.39 is 11.9 Å².